The maximum absolute atomic E-state index is 13.5. The number of hydrogen-bond donors (Lipinski definition) is 0. The van der Waals surface area contributed by atoms with Crippen molar-refractivity contribution in [2.45, 2.75) is 85.3 Å². The Kier molecular flexibility index (Phi) is 9.20. The standard InChI is InChI=1S/C36H45N3O3/c1-6-10-11-12-13-16-24-39-26(5)33(28-18-14-15-20-30(28)39)36(34-29(35(40)42-36)19-17-23-37-34)27-21-22-31(38(7-2)8-3)32(25-27)41-9-4/h14-15,17-23,25H,6-13,16,24H2,1-5H3. The number of rotatable bonds is 14. The van der Waals surface area contributed by atoms with Gasteiger partial charge in [0.1, 0.15) is 11.4 Å². The first-order valence-electron chi connectivity index (χ1n) is 15.8. The van der Waals surface area contributed by atoms with Crippen LogP contribution in [-0.4, -0.2) is 35.2 Å². The SMILES string of the molecule is CCCCCCCCn1c(C)c(C2(c3ccc(N(CC)CC)c(OCC)c3)OC(=O)c3cccnc32)c2ccccc21. The highest BCUT2D eigenvalue weighted by Crippen LogP contribution is 2.51. The summed E-state index contributed by atoms with van der Waals surface area (Å²) in [6.45, 7) is 13.9. The smallest absolute Gasteiger partial charge is 0.341 e. The number of nitrogens with zero attached hydrogens (tertiary/aromatic N) is 3. The van der Waals surface area contributed by atoms with Gasteiger partial charge in [-0.3, -0.25) is 4.98 Å². The van der Waals surface area contributed by atoms with Crippen LogP contribution in [0.2, 0.25) is 0 Å². The molecule has 0 bridgehead atoms. The Balaban J connectivity index is 1.71. The fraction of sp³-hybridized carbons (Fsp3) is 0.444. The molecule has 0 aliphatic carbocycles. The molecule has 1 aliphatic rings. The van der Waals surface area contributed by atoms with Gasteiger partial charge in [-0.25, -0.2) is 4.79 Å². The van der Waals surface area contributed by atoms with Crippen LogP contribution in [0.25, 0.3) is 10.9 Å². The van der Waals surface area contributed by atoms with Gasteiger partial charge in [0.25, 0.3) is 0 Å². The molecule has 1 unspecified atom stereocenters. The molecule has 3 heterocycles. The van der Waals surface area contributed by atoms with E-state index < -0.39 is 5.60 Å². The molecule has 0 fully saturated rings. The van der Waals surface area contributed by atoms with Crippen LogP contribution in [0.1, 0.15) is 99.1 Å². The average molecular weight is 568 g/mol. The van der Waals surface area contributed by atoms with Crippen LogP contribution in [-0.2, 0) is 16.9 Å². The van der Waals surface area contributed by atoms with Crippen LogP contribution in [0, 0.1) is 6.92 Å². The highest BCUT2D eigenvalue weighted by molar-refractivity contribution is 5.98. The van der Waals surface area contributed by atoms with Gasteiger partial charge < -0.3 is 18.9 Å². The van der Waals surface area contributed by atoms with Crippen molar-refractivity contribution in [3.8, 4) is 5.75 Å². The monoisotopic (exact) mass is 567 g/mol. The second kappa shape index (κ2) is 13.0. The normalized spacial score (nSPS) is 16.1. The minimum absolute atomic E-state index is 0.351. The maximum atomic E-state index is 13.5. The number of esters is 1. The summed E-state index contributed by atoms with van der Waals surface area (Å²) in [7, 11) is 0. The molecule has 4 aromatic rings. The number of benzene rings is 2. The highest BCUT2D eigenvalue weighted by Gasteiger charge is 2.52. The zero-order chi connectivity index (χ0) is 29.7. The fourth-order valence-electron chi connectivity index (χ4n) is 6.65. The predicted octanol–water partition coefficient (Wildman–Crippen LogP) is 8.41. The Labute approximate surface area is 250 Å². The molecule has 42 heavy (non-hydrogen) atoms. The van der Waals surface area contributed by atoms with E-state index in [0.717, 1.165) is 65.2 Å². The number of carbonyl (C=O) groups excluding carboxylic acids is 1. The van der Waals surface area contributed by atoms with Gasteiger partial charge in [-0.15, -0.1) is 0 Å². The van der Waals surface area contributed by atoms with Crippen LogP contribution in [0.4, 0.5) is 5.69 Å². The number of aromatic nitrogens is 2. The van der Waals surface area contributed by atoms with Crippen LogP contribution in [0.5, 0.6) is 5.75 Å². The Morgan fingerprint density at radius 3 is 2.45 bits per heavy atom. The summed E-state index contributed by atoms with van der Waals surface area (Å²) >= 11 is 0. The first-order chi connectivity index (χ1) is 20.5. The van der Waals surface area contributed by atoms with Crippen LogP contribution < -0.4 is 9.64 Å². The molecule has 6 heteroatoms. The summed E-state index contributed by atoms with van der Waals surface area (Å²) in [6, 6.07) is 18.4. The zero-order valence-corrected chi connectivity index (χ0v) is 25.9. The number of anilines is 1. The predicted molar refractivity (Wildman–Crippen MR) is 171 cm³/mol. The average Bonchev–Trinajstić information content (AvgIpc) is 3.47. The number of hydrogen-bond acceptors (Lipinski definition) is 5. The number of aryl methyl sites for hydroxylation is 1. The number of unbranched alkanes of at least 4 members (excludes halogenated alkanes) is 5. The Morgan fingerprint density at radius 1 is 0.929 bits per heavy atom. The lowest BCUT2D eigenvalue weighted by molar-refractivity contribution is 0.0244. The van der Waals surface area contributed by atoms with Crippen LogP contribution in [0.3, 0.4) is 0 Å². The molecule has 0 saturated carbocycles. The van der Waals surface area contributed by atoms with E-state index in [-0.39, 0.29) is 5.97 Å². The molecule has 1 atom stereocenters. The number of para-hydroxylation sites is 1. The van der Waals surface area contributed by atoms with Gasteiger partial charge in [0.15, 0.2) is 0 Å². The minimum atomic E-state index is -1.20. The van der Waals surface area contributed by atoms with Gasteiger partial charge in [0.05, 0.1) is 17.9 Å². The van der Waals surface area contributed by atoms with E-state index in [1.165, 1.54) is 32.1 Å². The van der Waals surface area contributed by atoms with E-state index in [9.17, 15) is 4.79 Å². The second-order valence-electron chi connectivity index (χ2n) is 11.2. The van der Waals surface area contributed by atoms with Crippen molar-refractivity contribution in [3.63, 3.8) is 0 Å². The lowest BCUT2D eigenvalue weighted by Gasteiger charge is -2.31. The largest absolute Gasteiger partial charge is 0.492 e. The van der Waals surface area contributed by atoms with Gasteiger partial charge in [-0.2, -0.15) is 0 Å². The topological polar surface area (TPSA) is 56.6 Å². The Hall–Kier alpha value is -3.80. The zero-order valence-electron chi connectivity index (χ0n) is 25.9. The molecule has 5 rings (SSSR count). The van der Waals surface area contributed by atoms with Crippen molar-refractivity contribution < 1.29 is 14.3 Å². The molecule has 2 aromatic heterocycles. The molecule has 0 N–H and O–H groups in total. The van der Waals surface area contributed by atoms with E-state index in [1.54, 1.807) is 12.3 Å². The summed E-state index contributed by atoms with van der Waals surface area (Å²) in [5.74, 6) is 0.433. The number of fused-ring (bicyclic) bond motifs is 2. The van der Waals surface area contributed by atoms with Gasteiger partial charge in [-0.05, 0) is 64.4 Å². The van der Waals surface area contributed by atoms with Gasteiger partial charge in [0, 0.05) is 53.6 Å². The molecule has 1 aliphatic heterocycles. The van der Waals surface area contributed by atoms with E-state index >= 15 is 0 Å². The number of pyridine rings is 1. The summed E-state index contributed by atoms with van der Waals surface area (Å²) in [5, 5.41) is 1.08. The third kappa shape index (κ3) is 5.16. The molecule has 0 saturated heterocycles. The van der Waals surface area contributed by atoms with Gasteiger partial charge >= 0.3 is 5.97 Å². The lowest BCUT2D eigenvalue weighted by Crippen LogP contribution is -2.32. The number of ether oxygens (including phenoxy) is 2. The summed E-state index contributed by atoms with van der Waals surface area (Å²) in [4.78, 5) is 20.7. The van der Waals surface area contributed by atoms with Crippen molar-refractivity contribution in [1.29, 1.82) is 0 Å². The van der Waals surface area contributed by atoms with Crippen molar-refractivity contribution >= 4 is 22.6 Å². The van der Waals surface area contributed by atoms with Crippen LogP contribution in [0.15, 0.2) is 60.8 Å². The Morgan fingerprint density at radius 2 is 1.69 bits per heavy atom. The van der Waals surface area contributed by atoms with E-state index in [1.807, 2.05) is 13.0 Å². The van der Waals surface area contributed by atoms with E-state index in [2.05, 4.69) is 79.6 Å². The number of cyclic esters (lactones) is 1. The Bertz CT molecular complexity index is 1540. The molecular weight excluding hydrogens is 522 g/mol. The first kappa shape index (κ1) is 29.7. The molecule has 222 valence electrons. The van der Waals surface area contributed by atoms with Crippen LogP contribution >= 0.6 is 0 Å². The second-order valence-corrected chi connectivity index (χ2v) is 11.2. The quantitative estimate of drug-likeness (QED) is 0.113. The van der Waals surface area contributed by atoms with E-state index in [0.29, 0.717) is 17.9 Å². The highest BCUT2D eigenvalue weighted by atomic mass is 16.6. The first-order valence-corrected chi connectivity index (χ1v) is 15.8. The third-order valence-electron chi connectivity index (χ3n) is 8.70. The van der Waals surface area contributed by atoms with Gasteiger partial charge in [-0.1, -0.05) is 63.3 Å². The molecule has 0 spiro atoms. The maximum Gasteiger partial charge on any atom is 0.341 e. The van der Waals surface area contributed by atoms with E-state index in [4.69, 9.17) is 14.5 Å². The minimum Gasteiger partial charge on any atom is -0.492 e. The third-order valence-corrected chi connectivity index (χ3v) is 8.70. The van der Waals surface area contributed by atoms with Crippen molar-refractivity contribution in [2.75, 3.05) is 24.6 Å². The lowest BCUT2D eigenvalue weighted by atomic mass is 9.81. The molecule has 2 aromatic carbocycles. The molecule has 0 amide bonds. The molecule has 0 radical (unpaired) electrons. The summed E-state index contributed by atoms with van der Waals surface area (Å²) in [5.41, 5.74) is 5.07. The van der Waals surface area contributed by atoms with Crippen molar-refractivity contribution in [3.05, 3.63) is 88.9 Å². The van der Waals surface area contributed by atoms with Gasteiger partial charge in [0.2, 0.25) is 5.60 Å². The number of carbonyl (C=O) groups is 1. The fourth-order valence-corrected chi connectivity index (χ4v) is 6.65. The summed E-state index contributed by atoms with van der Waals surface area (Å²) < 4.78 is 15.2. The molecule has 6 nitrogen and oxygen atoms in total. The van der Waals surface area contributed by atoms with Crippen molar-refractivity contribution in [1.82, 2.24) is 9.55 Å². The van der Waals surface area contributed by atoms with Crippen molar-refractivity contribution in [2.24, 2.45) is 0 Å². The molecular formula is C36H45N3O3. The summed E-state index contributed by atoms with van der Waals surface area (Å²) in [6.07, 6.45) is 9.17.